The third kappa shape index (κ3) is 2.82. The minimum atomic E-state index is -1.53. The second-order valence-corrected chi connectivity index (χ2v) is 10.3. The number of hydrazine groups is 1. The van der Waals surface area contributed by atoms with Crippen LogP contribution in [0.4, 0.5) is 11.4 Å². The molecule has 1 N–H and O–H groups in total. The zero-order valence-corrected chi connectivity index (χ0v) is 20.3. The monoisotopic (exact) mass is 512 g/mol. The van der Waals surface area contributed by atoms with Crippen LogP contribution in [0.25, 0.3) is 0 Å². The van der Waals surface area contributed by atoms with E-state index in [9.17, 15) is 19.2 Å². The first kappa shape index (κ1) is 22.2. The number of nitrogens with zero attached hydrogens (tertiary/aromatic N) is 3. The van der Waals surface area contributed by atoms with E-state index in [0.717, 1.165) is 10.5 Å². The molecule has 0 aromatic heterocycles. The minimum absolute atomic E-state index is 0.0323. The Morgan fingerprint density at radius 3 is 2.32 bits per heavy atom. The molecule has 4 amide bonds. The van der Waals surface area contributed by atoms with Gasteiger partial charge >= 0.3 is 0 Å². The van der Waals surface area contributed by atoms with Crippen molar-refractivity contribution >= 4 is 46.6 Å². The molecule has 0 aliphatic carbocycles. The molecule has 0 saturated carbocycles. The maximum atomic E-state index is 14.6. The molecule has 3 aromatic rings. The molecule has 3 unspecified atom stereocenters. The van der Waals surface area contributed by atoms with Gasteiger partial charge < -0.3 is 4.90 Å². The topological polar surface area (TPSA) is 90.0 Å². The molecule has 4 heterocycles. The van der Waals surface area contributed by atoms with Gasteiger partial charge in [-0.2, -0.15) is 5.01 Å². The van der Waals surface area contributed by atoms with E-state index in [1.54, 1.807) is 34.2 Å². The van der Waals surface area contributed by atoms with Gasteiger partial charge in [0, 0.05) is 22.7 Å². The Hall–Kier alpha value is -4.01. The van der Waals surface area contributed by atoms with Crippen LogP contribution in [0.2, 0.25) is 5.02 Å². The number of anilines is 2. The number of para-hydroxylation sites is 1. The zero-order chi connectivity index (χ0) is 25.5. The number of rotatable bonds is 3. The Labute approximate surface area is 217 Å². The smallest absolute Gasteiger partial charge is 0.255 e. The summed E-state index contributed by atoms with van der Waals surface area (Å²) >= 11 is 6.04. The van der Waals surface area contributed by atoms with Gasteiger partial charge in [-0.3, -0.25) is 24.6 Å². The van der Waals surface area contributed by atoms with E-state index in [-0.39, 0.29) is 18.2 Å². The molecule has 7 rings (SSSR count). The predicted octanol–water partition coefficient (Wildman–Crippen LogP) is 3.01. The maximum absolute atomic E-state index is 14.6. The first-order valence-corrected chi connectivity index (χ1v) is 12.5. The molecule has 3 saturated heterocycles. The fraction of sp³-hybridized carbons (Fsp3) is 0.214. The second kappa shape index (κ2) is 7.74. The lowest BCUT2D eigenvalue weighted by Crippen LogP contribution is -2.59. The third-order valence-electron chi connectivity index (χ3n) is 8.01. The molecule has 37 heavy (non-hydrogen) atoms. The van der Waals surface area contributed by atoms with Gasteiger partial charge in [-0.1, -0.05) is 60.1 Å². The standard InChI is InChI=1S/C28H21ClN4O4/c29-17-10-12-18(13-11-17)32-25(35)23-21-14-22(34)30-33(21)28(24(23)26(32)36)19-8-4-5-9-20(19)31(27(28)37)15-16-6-2-1-3-7-16/h1-13,21,23-24H,14-15H2,(H,30,34)/t21?,23?,24?,28-/m0/s1. The largest absolute Gasteiger partial charge is 0.306 e. The molecule has 3 aromatic carbocycles. The van der Waals surface area contributed by atoms with Gasteiger partial charge in [0.1, 0.15) is 0 Å². The first-order chi connectivity index (χ1) is 17.9. The first-order valence-electron chi connectivity index (χ1n) is 12.1. The Kier molecular flexibility index (Phi) is 4.65. The number of carbonyl (C=O) groups excluding carboxylic acids is 4. The predicted molar refractivity (Wildman–Crippen MR) is 135 cm³/mol. The van der Waals surface area contributed by atoms with E-state index in [2.05, 4.69) is 5.43 Å². The molecule has 3 fully saturated rings. The maximum Gasteiger partial charge on any atom is 0.255 e. The van der Waals surface area contributed by atoms with Crippen LogP contribution in [-0.2, 0) is 31.3 Å². The van der Waals surface area contributed by atoms with Gasteiger partial charge in [0.2, 0.25) is 17.7 Å². The number of hydrogen-bond donors (Lipinski definition) is 1. The molecule has 9 heteroatoms. The number of benzene rings is 3. The van der Waals surface area contributed by atoms with E-state index >= 15 is 0 Å². The highest BCUT2D eigenvalue weighted by Crippen LogP contribution is 2.60. The summed E-state index contributed by atoms with van der Waals surface area (Å²) in [6.45, 7) is 0.297. The average molecular weight is 513 g/mol. The lowest BCUT2D eigenvalue weighted by atomic mass is 9.76. The van der Waals surface area contributed by atoms with E-state index in [1.165, 1.54) is 0 Å². The summed E-state index contributed by atoms with van der Waals surface area (Å²) in [5.74, 6) is -3.30. The van der Waals surface area contributed by atoms with E-state index in [4.69, 9.17) is 11.6 Å². The molecule has 0 radical (unpaired) electrons. The highest BCUT2D eigenvalue weighted by molar-refractivity contribution is 6.31. The Balaban J connectivity index is 1.41. The second-order valence-electron chi connectivity index (χ2n) is 9.83. The van der Waals surface area contributed by atoms with E-state index < -0.39 is 35.2 Å². The number of hydrogen-bond acceptors (Lipinski definition) is 5. The highest BCUT2D eigenvalue weighted by Gasteiger charge is 2.77. The fourth-order valence-electron chi connectivity index (χ4n) is 6.61. The Morgan fingerprint density at radius 1 is 0.865 bits per heavy atom. The van der Waals surface area contributed by atoms with E-state index in [0.29, 0.717) is 28.5 Å². The number of imide groups is 1. The highest BCUT2D eigenvalue weighted by atomic mass is 35.5. The van der Waals surface area contributed by atoms with Crippen LogP contribution >= 0.6 is 11.6 Å². The van der Waals surface area contributed by atoms with Crippen LogP contribution in [0.1, 0.15) is 17.5 Å². The van der Waals surface area contributed by atoms with Crippen LogP contribution in [0.3, 0.4) is 0 Å². The van der Waals surface area contributed by atoms with Crippen LogP contribution in [0.5, 0.6) is 0 Å². The van der Waals surface area contributed by atoms with Crippen molar-refractivity contribution in [1.29, 1.82) is 0 Å². The summed E-state index contributed by atoms with van der Waals surface area (Å²) in [6, 6.07) is 22.8. The van der Waals surface area contributed by atoms with Crippen molar-refractivity contribution in [3.8, 4) is 0 Å². The number of amides is 4. The quantitative estimate of drug-likeness (QED) is 0.545. The molecule has 184 valence electrons. The fourth-order valence-corrected chi connectivity index (χ4v) is 6.74. The molecule has 0 bridgehead atoms. The summed E-state index contributed by atoms with van der Waals surface area (Å²) < 4.78 is 0. The summed E-state index contributed by atoms with van der Waals surface area (Å²) in [6.07, 6.45) is 0.0323. The summed E-state index contributed by atoms with van der Waals surface area (Å²) in [4.78, 5) is 58.0. The number of carbonyl (C=O) groups is 4. The SMILES string of the molecule is O=C1CC2C3C(=O)N(c4ccc(Cl)cc4)C(=O)C3[C@@]3(C(=O)N(Cc4ccccc4)c4ccccc43)N2N1. The van der Waals surface area contributed by atoms with Crippen molar-refractivity contribution in [2.75, 3.05) is 9.80 Å². The van der Waals surface area contributed by atoms with Crippen LogP contribution in [0.15, 0.2) is 78.9 Å². The Bertz CT molecular complexity index is 1490. The van der Waals surface area contributed by atoms with E-state index in [1.807, 2.05) is 54.6 Å². The lowest BCUT2D eigenvalue weighted by Gasteiger charge is -2.36. The summed E-state index contributed by atoms with van der Waals surface area (Å²) in [5.41, 5.74) is 3.93. The van der Waals surface area contributed by atoms with Crippen molar-refractivity contribution in [1.82, 2.24) is 10.4 Å². The third-order valence-corrected chi connectivity index (χ3v) is 8.26. The van der Waals surface area contributed by atoms with Gasteiger partial charge in [0.15, 0.2) is 5.54 Å². The van der Waals surface area contributed by atoms with Crippen molar-refractivity contribution in [3.63, 3.8) is 0 Å². The average Bonchev–Trinajstić information content (AvgIpc) is 3.56. The van der Waals surface area contributed by atoms with Crippen molar-refractivity contribution in [2.45, 2.75) is 24.5 Å². The molecule has 1 spiro atoms. The van der Waals surface area contributed by atoms with Gasteiger partial charge in [-0.15, -0.1) is 0 Å². The molecule has 8 nitrogen and oxygen atoms in total. The molecular weight excluding hydrogens is 492 g/mol. The van der Waals surface area contributed by atoms with Crippen LogP contribution < -0.4 is 15.2 Å². The van der Waals surface area contributed by atoms with Crippen molar-refractivity contribution in [2.24, 2.45) is 11.8 Å². The molecule has 4 aliphatic heterocycles. The molecule has 4 atom stereocenters. The van der Waals surface area contributed by atoms with Crippen LogP contribution in [0, 0.1) is 11.8 Å². The zero-order valence-electron chi connectivity index (χ0n) is 19.5. The number of halogens is 1. The Morgan fingerprint density at radius 2 is 1.57 bits per heavy atom. The van der Waals surface area contributed by atoms with Gasteiger partial charge in [-0.25, -0.2) is 4.90 Å². The van der Waals surface area contributed by atoms with Gasteiger partial charge in [-0.05, 0) is 35.9 Å². The van der Waals surface area contributed by atoms with Crippen LogP contribution in [-0.4, -0.2) is 34.7 Å². The molecule has 4 aliphatic rings. The molecular formula is C28H21ClN4O4. The minimum Gasteiger partial charge on any atom is -0.306 e. The van der Waals surface area contributed by atoms with Crippen molar-refractivity contribution < 1.29 is 19.2 Å². The van der Waals surface area contributed by atoms with Crippen molar-refractivity contribution in [3.05, 3.63) is 95.0 Å². The number of nitrogens with one attached hydrogen (secondary N) is 1. The summed E-state index contributed by atoms with van der Waals surface area (Å²) in [5, 5.41) is 2.08. The van der Waals surface area contributed by atoms with Gasteiger partial charge in [0.05, 0.1) is 30.1 Å². The van der Waals surface area contributed by atoms with Gasteiger partial charge in [0.25, 0.3) is 5.91 Å². The lowest BCUT2D eigenvalue weighted by molar-refractivity contribution is -0.140. The number of fused-ring (bicyclic) bond motifs is 7. The summed E-state index contributed by atoms with van der Waals surface area (Å²) in [7, 11) is 0. The normalized spacial score (nSPS) is 28.2.